The number of hydrogen-bond donors (Lipinski definition) is 2. The maximum Gasteiger partial charge on any atom is 0.234 e. The van der Waals surface area contributed by atoms with Crippen LogP contribution in [0.5, 0.6) is 5.75 Å². The monoisotopic (exact) mass is 294 g/mol. The van der Waals surface area contributed by atoms with Gasteiger partial charge in [-0.1, -0.05) is 19.3 Å². The molecule has 1 aliphatic carbocycles. The molecular weight excluding hydrogens is 272 g/mol. The van der Waals surface area contributed by atoms with Crippen molar-refractivity contribution in [2.75, 3.05) is 23.9 Å². The number of methoxy groups -OCH3 is 1. The van der Waals surface area contributed by atoms with E-state index in [0.29, 0.717) is 28.1 Å². The zero-order valence-corrected chi connectivity index (χ0v) is 12.7. The third-order valence-corrected chi connectivity index (χ3v) is 4.87. The van der Waals surface area contributed by atoms with Crippen LogP contribution >= 0.6 is 11.8 Å². The van der Waals surface area contributed by atoms with Gasteiger partial charge in [0.05, 0.1) is 18.6 Å². The van der Waals surface area contributed by atoms with Crippen molar-refractivity contribution in [2.45, 2.75) is 37.4 Å². The van der Waals surface area contributed by atoms with Crippen LogP contribution in [0.3, 0.4) is 0 Å². The first kappa shape index (κ1) is 15.0. The van der Waals surface area contributed by atoms with E-state index in [1.807, 2.05) is 0 Å². The smallest absolute Gasteiger partial charge is 0.234 e. The molecule has 0 atom stereocenters. The lowest BCUT2D eigenvalue weighted by molar-refractivity contribution is -0.113. The van der Waals surface area contributed by atoms with Crippen LogP contribution < -0.4 is 15.8 Å². The van der Waals surface area contributed by atoms with E-state index in [-0.39, 0.29) is 5.91 Å². The summed E-state index contributed by atoms with van der Waals surface area (Å²) in [4.78, 5) is 12.0. The minimum absolute atomic E-state index is 0.00414. The second-order valence-corrected chi connectivity index (χ2v) is 6.37. The van der Waals surface area contributed by atoms with Gasteiger partial charge in [-0.25, -0.2) is 0 Å². The predicted octanol–water partition coefficient (Wildman–Crippen LogP) is 3.28. The van der Waals surface area contributed by atoms with Gasteiger partial charge in [0.2, 0.25) is 5.91 Å². The van der Waals surface area contributed by atoms with Crippen molar-refractivity contribution in [3.05, 3.63) is 18.2 Å². The van der Waals surface area contributed by atoms with Crippen LogP contribution in [0.2, 0.25) is 0 Å². The highest BCUT2D eigenvalue weighted by molar-refractivity contribution is 8.00. The first-order chi connectivity index (χ1) is 9.69. The van der Waals surface area contributed by atoms with E-state index in [2.05, 4.69) is 5.32 Å². The normalized spacial score (nSPS) is 15.8. The maximum absolute atomic E-state index is 12.0. The Morgan fingerprint density at radius 3 is 2.85 bits per heavy atom. The SMILES string of the molecule is COc1ccc(N)cc1NC(=O)CSC1CCCCC1. The number of amides is 1. The maximum atomic E-state index is 12.0. The minimum Gasteiger partial charge on any atom is -0.495 e. The third-order valence-electron chi connectivity index (χ3n) is 3.50. The Bertz CT molecular complexity index is 459. The summed E-state index contributed by atoms with van der Waals surface area (Å²) in [6.45, 7) is 0. The van der Waals surface area contributed by atoms with Crippen LogP contribution in [-0.2, 0) is 4.79 Å². The number of benzene rings is 1. The highest BCUT2D eigenvalue weighted by Crippen LogP contribution is 2.29. The summed E-state index contributed by atoms with van der Waals surface area (Å²) in [6.07, 6.45) is 6.40. The van der Waals surface area contributed by atoms with Crippen LogP contribution in [0.25, 0.3) is 0 Å². The molecule has 0 spiro atoms. The summed E-state index contributed by atoms with van der Waals surface area (Å²) >= 11 is 1.76. The third kappa shape index (κ3) is 4.34. The van der Waals surface area contributed by atoms with E-state index in [1.54, 1.807) is 37.1 Å². The van der Waals surface area contributed by atoms with Gasteiger partial charge in [0, 0.05) is 10.9 Å². The largest absolute Gasteiger partial charge is 0.495 e. The molecule has 20 heavy (non-hydrogen) atoms. The van der Waals surface area contributed by atoms with Crippen LogP contribution in [-0.4, -0.2) is 24.0 Å². The lowest BCUT2D eigenvalue weighted by Gasteiger charge is -2.20. The summed E-state index contributed by atoms with van der Waals surface area (Å²) in [5.74, 6) is 1.13. The second kappa shape index (κ2) is 7.43. The van der Waals surface area contributed by atoms with Crippen LogP contribution in [0.4, 0.5) is 11.4 Å². The molecule has 0 radical (unpaired) electrons. The Morgan fingerprint density at radius 2 is 2.15 bits per heavy atom. The van der Waals surface area contributed by atoms with Crippen LogP contribution in [0.1, 0.15) is 32.1 Å². The fourth-order valence-electron chi connectivity index (χ4n) is 2.43. The lowest BCUT2D eigenvalue weighted by Crippen LogP contribution is -2.18. The molecule has 0 unspecified atom stereocenters. The summed E-state index contributed by atoms with van der Waals surface area (Å²) in [5.41, 5.74) is 6.99. The Kier molecular flexibility index (Phi) is 5.59. The number of thioether (sulfide) groups is 1. The van der Waals surface area contributed by atoms with Gasteiger partial charge in [-0.2, -0.15) is 0 Å². The lowest BCUT2D eigenvalue weighted by atomic mass is 10.0. The van der Waals surface area contributed by atoms with Crippen molar-refractivity contribution >= 4 is 29.0 Å². The number of carbonyl (C=O) groups excluding carboxylic acids is 1. The zero-order chi connectivity index (χ0) is 14.4. The average Bonchev–Trinajstić information content (AvgIpc) is 2.46. The van der Waals surface area contributed by atoms with Gasteiger partial charge in [-0.05, 0) is 31.0 Å². The Labute approximate surface area is 124 Å². The van der Waals surface area contributed by atoms with Crippen molar-refractivity contribution < 1.29 is 9.53 Å². The molecule has 0 bridgehead atoms. The van der Waals surface area contributed by atoms with Gasteiger partial charge in [0.1, 0.15) is 5.75 Å². The van der Waals surface area contributed by atoms with E-state index in [0.717, 1.165) is 0 Å². The van der Waals surface area contributed by atoms with E-state index in [4.69, 9.17) is 10.5 Å². The number of nitrogens with one attached hydrogen (secondary N) is 1. The molecule has 1 saturated carbocycles. The summed E-state index contributed by atoms with van der Waals surface area (Å²) in [5, 5.41) is 3.51. The molecule has 5 heteroatoms. The number of anilines is 2. The van der Waals surface area contributed by atoms with E-state index < -0.39 is 0 Å². The van der Waals surface area contributed by atoms with Gasteiger partial charge in [-0.3, -0.25) is 4.79 Å². The Morgan fingerprint density at radius 1 is 1.40 bits per heavy atom. The Hall–Kier alpha value is -1.36. The number of rotatable bonds is 5. The van der Waals surface area contributed by atoms with E-state index in [9.17, 15) is 4.79 Å². The average molecular weight is 294 g/mol. The quantitative estimate of drug-likeness (QED) is 0.818. The second-order valence-electron chi connectivity index (χ2n) is 5.08. The number of carbonyl (C=O) groups is 1. The van der Waals surface area contributed by atoms with Crippen molar-refractivity contribution in [1.82, 2.24) is 0 Å². The highest BCUT2D eigenvalue weighted by atomic mass is 32.2. The molecule has 0 aromatic heterocycles. The molecular formula is C15H22N2O2S. The van der Waals surface area contributed by atoms with Gasteiger partial charge in [-0.15, -0.1) is 11.8 Å². The van der Waals surface area contributed by atoms with Crippen molar-refractivity contribution in [1.29, 1.82) is 0 Å². The molecule has 2 rings (SSSR count). The molecule has 110 valence electrons. The minimum atomic E-state index is 0.00414. The Balaban J connectivity index is 1.86. The van der Waals surface area contributed by atoms with E-state index >= 15 is 0 Å². The van der Waals surface area contributed by atoms with Crippen molar-refractivity contribution in [3.63, 3.8) is 0 Å². The molecule has 1 aromatic rings. The molecule has 1 aliphatic rings. The fourth-order valence-corrected chi connectivity index (χ4v) is 3.56. The number of nitrogen functional groups attached to an aromatic ring is 1. The topological polar surface area (TPSA) is 64.3 Å². The predicted molar refractivity (Wildman–Crippen MR) is 85.4 cm³/mol. The van der Waals surface area contributed by atoms with Crippen LogP contribution in [0.15, 0.2) is 18.2 Å². The summed E-state index contributed by atoms with van der Waals surface area (Å²) in [6, 6.07) is 5.24. The number of nitrogens with two attached hydrogens (primary N) is 1. The fraction of sp³-hybridized carbons (Fsp3) is 0.533. The number of hydrogen-bond acceptors (Lipinski definition) is 4. The molecule has 0 aliphatic heterocycles. The summed E-state index contributed by atoms with van der Waals surface area (Å²) < 4.78 is 5.22. The molecule has 0 heterocycles. The molecule has 0 saturated heterocycles. The van der Waals surface area contributed by atoms with Gasteiger partial charge < -0.3 is 15.8 Å². The van der Waals surface area contributed by atoms with E-state index in [1.165, 1.54) is 32.1 Å². The molecule has 1 aromatic carbocycles. The standard InChI is InChI=1S/C15H22N2O2S/c1-19-14-8-7-11(16)9-13(14)17-15(18)10-20-12-5-3-2-4-6-12/h7-9,12H,2-6,10,16H2,1H3,(H,17,18). The molecule has 1 amide bonds. The zero-order valence-electron chi connectivity index (χ0n) is 11.9. The molecule has 1 fully saturated rings. The highest BCUT2D eigenvalue weighted by Gasteiger charge is 2.16. The molecule has 4 nitrogen and oxygen atoms in total. The van der Waals surface area contributed by atoms with Crippen LogP contribution in [0, 0.1) is 0 Å². The summed E-state index contributed by atoms with van der Waals surface area (Å²) in [7, 11) is 1.58. The van der Waals surface area contributed by atoms with Gasteiger partial charge in [0.15, 0.2) is 0 Å². The molecule has 3 N–H and O–H groups in total. The van der Waals surface area contributed by atoms with Crippen molar-refractivity contribution in [2.24, 2.45) is 0 Å². The first-order valence-corrected chi connectivity index (χ1v) is 8.09. The number of ether oxygens (including phenoxy) is 1. The van der Waals surface area contributed by atoms with Gasteiger partial charge >= 0.3 is 0 Å². The van der Waals surface area contributed by atoms with Gasteiger partial charge in [0.25, 0.3) is 0 Å². The van der Waals surface area contributed by atoms with Crippen molar-refractivity contribution in [3.8, 4) is 5.75 Å². The first-order valence-electron chi connectivity index (χ1n) is 7.04.